The molecule has 0 amide bonds. The Morgan fingerprint density at radius 1 is 1.29 bits per heavy atom. The zero-order valence-corrected chi connectivity index (χ0v) is 10.1. The van der Waals surface area contributed by atoms with Gasteiger partial charge < -0.3 is 9.47 Å². The van der Waals surface area contributed by atoms with Crippen molar-refractivity contribution in [2.45, 2.75) is 6.61 Å². The lowest BCUT2D eigenvalue weighted by molar-refractivity contribution is 0.111. The lowest BCUT2D eigenvalue weighted by atomic mass is 10.3. The number of hydrogen-bond donors (Lipinski definition) is 0. The Kier molecular flexibility index (Phi) is 3.72. The molecule has 0 saturated carbocycles. The van der Waals surface area contributed by atoms with Crippen molar-refractivity contribution in [3.63, 3.8) is 0 Å². The van der Waals surface area contributed by atoms with Crippen LogP contribution < -0.4 is 9.47 Å². The van der Waals surface area contributed by atoms with E-state index in [1.54, 1.807) is 12.5 Å². The highest BCUT2D eigenvalue weighted by Crippen LogP contribution is 2.18. The SMILES string of the molecule is COc1ccc(OCc2nc(C=O)cs2)cc1. The number of hydrogen-bond acceptors (Lipinski definition) is 5. The summed E-state index contributed by atoms with van der Waals surface area (Å²) < 4.78 is 10.6. The van der Waals surface area contributed by atoms with E-state index in [0.29, 0.717) is 12.3 Å². The molecule has 0 radical (unpaired) electrons. The quantitative estimate of drug-likeness (QED) is 0.764. The Labute approximate surface area is 103 Å². The minimum absolute atomic E-state index is 0.366. The number of rotatable bonds is 5. The molecule has 0 unspecified atom stereocenters. The molecule has 17 heavy (non-hydrogen) atoms. The Bertz CT molecular complexity index is 493. The van der Waals surface area contributed by atoms with Gasteiger partial charge in [0.05, 0.1) is 7.11 Å². The summed E-state index contributed by atoms with van der Waals surface area (Å²) in [5, 5.41) is 2.49. The van der Waals surface area contributed by atoms with Gasteiger partial charge in [-0.1, -0.05) is 0 Å². The topological polar surface area (TPSA) is 48.4 Å². The molecule has 1 heterocycles. The molecule has 0 spiro atoms. The van der Waals surface area contributed by atoms with E-state index >= 15 is 0 Å². The second-order valence-corrected chi connectivity index (χ2v) is 4.19. The van der Waals surface area contributed by atoms with Gasteiger partial charge in [0.2, 0.25) is 0 Å². The maximum atomic E-state index is 10.5. The molecule has 0 bridgehead atoms. The average Bonchev–Trinajstić information content (AvgIpc) is 2.85. The van der Waals surface area contributed by atoms with Gasteiger partial charge in [-0.3, -0.25) is 4.79 Å². The van der Waals surface area contributed by atoms with Crippen molar-refractivity contribution in [1.29, 1.82) is 0 Å². The molecule has 0 N–H and O–H groups in total. The first-order chi connectivity index (χ1) is 8.31. The number of carbonyl (C=O) groups is 1. The van der Waals surface area contributed by atoms with Crippen LogP contribution in [0.1, 0.15) is 15.5 Å². The van der Waals surface area contributed by atoms with Gasteiger partial charge in [-0.15, -0.1) is 11.3 Å². The van der Waals surface area contributed by atoms with Crippen molar-refractivity contribution >= 4 is 17.6 Å². The van der Waals surface area contributed by atoms with E-state index in [4.69, 9.17) is 9.47 Å². The minimum Gasteiger partial charge on any atom is -0.497 e. The van der Waals surface area contributed by atoms with Gasteiger partial charge in [-0.05, 0) is 24.3 Å². The van der Waals surface area contributed by atoms with Crippen molar-refractivity contribution in [2.24, 2.45) is 0 Å². The Morgan fingerprint density at radius 2 is 2.00 bits per heavy atom. The smallest absolute Gasteiger partial charge is 0.169 e. The van der Waals surface area contributed by atoms with Crippen LogP contribution in [-0.4, -0.2) is 18.4 Å². The largest absolute Gasteiger partial charge is 0.497 e. The first-order valence-electron chi connectivity index (χ1n) is 4.98. The zero-order chi connectivity index (χ0) is 12.1. The van der Waals surface area contributed by atoms with Gasteiger partial charge in [0.25, 0.3) is 0 Å². The van der Waals surface area contributed by atoms with Crippen molar-refractivity contribution in [3.05, 3.63) is 40.3 Å². The van der Waals surface area contributed by atoms with Crippen LogP contribution in [0, 0.1) is 0 Å². The number of nitrogens with zero attached hydrogens (tertiary/aromatic N) is 1. The Morgan fingerprint density at radius 3 is 2.59 bits per heavy atom. The number of ether oxygens (including phenoxy) is 2. The minimum atomic E-state index is 0.366. The lowest BCUT2D eigenvalue weighted by Crippen LogP contribution is -1.95. The van der Waals surface area contributed by atoms with Crippen LogP contribution in [0.3, 0.4) is 0 Å². The number of thiazole rings is 1. The van der Waals surface area contributed by atoms with Crippen LogP contribution >= 0.6 is 11.3 Å². The fraction of sp³-hybridized carbons (Fsp3) is 0.167. The van der Waals surface area contributed by atoms with E-state index in [9.17, 15) is 4.79 Å². The van der Waals surface area contributed by atoms with Crippen LogP contribution in [0.4, 0.5) is 0 Å². The summed E-state index contributed by atoms with van der Waals surface area (Å²) >= 11 is 1.41. The van der Waals surface area contributed by atoms with Gasteiger partial charge in [0.15, 0.2) is 6.29 Å². The number of benzene rings is 1. The molecule has 5 heteroatoms. The third-order valence-corrected chi connectivity index (χ3v) is 2.95. The fourth-order valence-electron chi connectivity index (χ4n) is 1.26. The number of aldehydes is 1. The molecule has 2 aromatic rings. The van der Waals surface area contributed by atoms with Crippen molar-refractivity contribution in [1.82, 2.24) is 4.98 Å². The second kappa shape index (κ2) is 5.45. The van der Waals surface area contributed by atoms with Crippen molar-refractivity contribution in [3.8, 4) is 11.5 Å². The van der Waals surface area contributed by atoms with Crippen LogP contribution in [-0.2, 0) is 6.61 Å². The second-order valence-electron chi connectivity index (χ2n) is 3.25. The van der Waals surface area contributed by atoms with Gasteiger partial charge in [0, 0.05) is 5.38 Å². The first-order valence-corrected chi connectivity index (χ1v) is 5.86. The molecule has 4 nitrogen and oxygen atoms in total. The fourth-order valence-corrected chi connectivity index (χ4v) is 1.91. The van der Waals surface area contributed by atoms with Crippen LogP contribution in [0.25, 0.3) is 0 Å². The van der Waals surface area contributed by atoms with E-state index in [1.165, 1.54) is 11.3 Å². The summed E-state index contributed by atoms with van der Waals surface area (Å²) in [5.41, 5.74) is 0.448. The average molecular weight is 249 g/mol. The molecule has 88 valence electrons. The first kappa shape index (κ1) is 11.6. The summed E-state index contributed by atoms with van der Waals surface area (Å²) in [5.74, 6) is 1.53. The van der Waals surface area contributed by atoms with Crippen molar-refractivity contribution < 1.29 is 14.3 Å². The predicted octanol–water partition coefficient (Wildman–Crippen LogP) is 2.54. The summed E-state index contributed by atoms with van der Waals surface area (Å²) in [6, 6.07) is 7.31. The number of carbonyl (C=O) groups excluding carboxylic acids is 1. The molecule has 0 saturated heterocycles. The normalized spacial score (nSPS) is 9.94. The number of aromatic nitrogens is 1. The molecule has 0 fully saturated rings. The highest BCUT2D eigenvalue weighted by Gasteiger charge is 2.02. The van der Waals surface area contributed by atoms with E-state index in [2.05, 4.69) is 4.98 Å². The number of methoxy groups -OCH3 is 1. The third kappa shape index (κ3) is 3.04. The van der Waals surface area contributed by atoms with Crippen LogP contribution in [0.2, 0.25) is 0 Å². The maximum absolute atomic E-state index is 10.5. The van der Waals surface area contributed by atoms with Crippen LogP contribution in [0.5, 0.6) is 11.5 Å². The van der Waals surface area contributed by atoms with Gasteiger partial charge >= 0.3 is 0 Å². The van der Waals surface area contributed by atoms with Gasteiger partial charge in [-0.25, -0.2) is 4.98 Å². The standard InChI is InChI=1S/C12H11NO3S/c1-15-10-2-4-11(5-3-10)16-7-12-13-9(6-14)8-17-12/h2-6,8H,7H2,1H3. The van der Waals surface area contributed by atoms with E-state index < -0.39 is 0 Å². The molecule has 0 aliphatic heterocycles. The highest BCUT2D eigenvalue weighted by molar-refractivity contribution is 7.09. The molecule has 0 aliphatic rings. The van der Waals surface area contributed by atoms with Gasteiger partial charge in [-0.2, -0.15) is 0 Å². The molecule has 0 atom stereocenters. The monoisotopic (exact) mass is 249 g/mol. The van der Waals surface area contributed by atoms with Gasteiger partial charge in [0.1, 0.15) is 28.8 Å². The summed E-state index contributed by atoms with van der Waals surface area (Å²) in [4.78, 5) is 14.5. The summed E-state index contributed by atoms with van der Waals surface area (Å²) in [6.07, 6.45) is 0.730. The van der Waals surface area contributed by atoms with E-state index in [0.717, 1.165) is 22.8 Å². The lowest BCUT2D eigenvalue weighted by Gasteiger charge is -2.04. The molecular weight excluding hydrogens is 238 g/mol. The molecule has 1 aromatic carbocycles. The van der Waals surface area contributed by atoms with E-state index in [1.807, 2.05) is 24.3 Å². The maximum Gasteiger partial charge on any atom is 0.169 e. The summed E-state index contributed by atoms with van der Waals surface area (Å²) in [7, 11) is 1.62. The van der Waals surface area contributed by atoms with E-state index in [-0.39, 0.29) is 0 Å². The summed E-state index contributed by atoms with van der Waals surface area (Å²) in [6.45, 7) is 0.366. The Balaban J connectivity index is 1.94. The predicted molar refractivity (Wildman–Crippen MR) is 64.8 cm³/mol. The highest BCUT2D eigenvalue weighted by atomic mass is 32.1. The van der Waals surface area contributed by atoms with Crippen LogP contribution in [0.15, 0.2) is 29.6 Å². The molecule has 0 aliphatic carbocycles. The molecule has 1 aromatic heterocycles. The zero-order valence-electron chi connectivity index (χ0n) is 9.25. The Hall–Kier alpha value is -1.88. The molecule has 2 rings (SSSR count). The third-order valence-electron chi connectivity index (χ3n) is 2.11. The van der Waals surface area contributed by atoms with Crippen molar-refractivity contribution in [2.75, 3.05) is 7.11 Å². The molecular formula is C12H11NO3S.